The number of anilines is 1. The lowest BCUT2D eigenvalue weighted by molar-refractivity contribution is -0.895. The zero-order valence-corrected chi connectivity index (χ0v) is 17.4. The summed E-state index contributed by atoms with van der Waals surface area (Å²) in [6.45, 7) is 5.70. The van der Waals surface area contributed by atoms with Crippen molar-refractivity contribution in [1.29, 1.82) is 0 Å². The molecule has 0 atom stereocenters. The molecule has 1 aliphatic rings. The second-order valence-electron chi connectivity index (χ2n) is 7.30. The minimum absolute atomic E-state index is 0.0478. The topological polar surface area (TPSA) is 53.9 Å². The minimum atomic E-state index is 0.0478. The largest absolute Gasteiger partial charge is 0.331 e. The number of hydrogen-bond donors (Lipinski definition) is 2. The van der Waals surface area contributed by atoms with Crippen molar-refractivity contribution in [3.8, 4) is 0 Å². The smallest absolute Gasteiger partial charge is 0.279 e. The zero-order valence-electron chi connectivity index (χ0n) is 16.6. The number of amides is 2. The SMILES string of the molecule is CCc1ccccc1NC(=O)C[NH+]1CCN(C(=O)CCCc2cccs2)CC1. The van der Waals surface area contributed by atoms with Crippen molar-refractivity contribution in [2.24, 2.45) is 0 Å². The van der Waals surface area contributed by atoms with E-state index in [1.807, 2.05) is 29.2 Å². The molecule has 1 fully saturated rings. The molecule has 1 aromatic carbocycles. The van der Waals surface area contributed by atoms with Crippen molar-refractivity contribution in [3.63, 3.8) is 0 Å². The summed E-state index contributed by atoms with van der Waals surface area (Å²) in [5.74, 6) is 0.295. The van der Waals surface area contributed by atoms with E-state index in [0.717, 1.165) is 56.7 Å². The number of nitrogens with one attached hydrogen (secondary N) is 2. The van der Waals surface area contributed by atoms with Crippen LogP contribution in [0.15, 0.2) is 41.8 Å². The van der Waals surface area contributed by atoms with Crippen LogP contribution in [0.3, 0.4) is 0 Å². The molecule has 0 aliphatic carbocycles. The van der Waals surface area contributed by atoms with Crippen LogP contribution in [-0.4, -0.2) is 49.4 Å². The number of quaternary nitrogens is 1. The molecule has 150 valence electrons. The van der Waals surface area contributed by atoms with Gasteiger partial charge in [0.25, 0.3) is 5.91 Å². The molecule has 1 aromatic heterocycles. The fourth-order valence-electron chi connectivity index (χ4n) is 3.65. The molecule has 3 rings (SSSR count). The Morgan fingerprint density at radius 1 is 1.14 bits per heavy atom. The number of rotatable bonds is 8. The van der Waals surface area contributed by atoms with Gasteiger partial charge in [0, 0.05) is 17.0 Å². The van der Waals surface area contributed by atoms with Gasteiger partial charge in [-0.1, -0.05) is 31.2 Å². The highest BCUT2D eigenvalue weighted by molar-refractivity contribution is 7.09. The fraction of sp³-hybridized carbons (Fsp3) is 0.455. The van der Waals surface area contributed by atoms with Crippen molar-refractivity contribution in [2.45, 2.75) is 32.6 Å². The number of para-hydroxylation sites is 1. The Kier molecular flexibility index (Phi) is 7.62. The summed E-state index contributed by atoms with van der Waals surface area (Å²) in [7, 11) is 0. The fourth-order valence-corrected chi connectivity index (χ4v) is 4.40. The summed E-state index contributed by atoms with van der Waals surface area (Å²) < 4.78 is 0. The number of carbonyl (C=O) groups is 2. The molecule has 0 saturated carbocycles. The van der Waals surface area contributed by atoms with Gasteiger partial charge in [-0.05, 0) is 42.3 Å². The normalized spacial score (nSPS) is 14.8. The van der Waals surface area contributed by atoms with Crippen LogP contribution in [0.4, 0.5) is 5.69 Å². The highest BCUT2D eigenvalue weighted by Gasteiger charge is 2.25. The third-order valence-electron chi connectivity index (χ3n) is 5.30. The third-order valence-corrected chi connectivity index (χ3v) is 6.24. The van der Waals surface area contributed by atoms with E-state index in [4.69, 9.17) is 0 Å². The minimum Gasteiger partial charge on any atom is -0.331 e. The molecule has 0 radical (unpaired) electrons. The molecule has 0 spiro atoms. The van der Waals surface area contributed by atoms with Gasteiger partial charge in [-0.3, -0.25) is 9.59 Å². The van der Waals surface area contributed by atoms with E-state index in [1.165, 1.54) is 9.78 Å². The van der Waals surface area contributed by atoms with Crippen LogP contribution in [0.5, 0.6) is 0 Å². The molecule has 6 heteroatoms. The summed E-state index contributed by atoms with van der Waals surface area (Å²) >= 11 is 1.75. The summed E-state index contributed by atoms with van der Waals surface area (Å²) in [6, 6.07) is 12.1. The number of carbonyl (C=O) groups excluding carboxylic acids is 2. The molecule has 2 N–H and O–H groups in total. The number of piperazine rings is 1. The molecule has 5 nitrogen and oxygen atoms in total. The average molecular weight is 401 g/mol. The maximum absolute atomic E-state index is 12.4. The van der Waals surface area contributed by atoms with Gasteiger partial charge in [-0.25, -0.2) is 0 Å². The van der Waals surface area contributed by atoms with E-state index in [9.17, 15) is 9.59 Å². The first-order chi connectivity index (χ1) is 13.7. The third kappa shape index (κ3) is 5.91. The van der Waals surface area contributed by atoms with Gasteiger partial charge in [0.05, 0.1) is 26.2 Å². The predicted molar refractivity (Wildman–Crippen MR) is 114 cm³/mol. The molecule has 1 aliphatic heterocycles. The van der Waals surface area contributed by atoms with Gasteiger partial charge in [0.2, 0.25) is 5.91 Å². The molecule has 0 bridgehead atoms. The number of benzene rings is 1. The lowest BCUT2D eigenvalue weighted by atomic mass is 10.1. The Balaban J connectivity index is 1.37. The zero-order chi connectivity index (χ0) is 19.8. The Labute approximate surface area is 171 Å². The van der Waals surface area contributed by atoms with E-state index in [1.54, 1.807) is 11.3 Å². The predicted octanol–water partition coefficient (Wildman–Crippen LogP) is 2.00. The van der Waals surface area contributed by atoms with Crippen LogP contribution in [-0.2, 0) is 22.4 Å². The summed E-state index contributed by atoms with van der Waals surface area (Å²) in [6.07, 6.45) is 3.40. The van der Waals surface area contributed by atoms with Crippen LogP contribution >= 0.6 is 11.3 Å². The molecule has 28 heavy (non-hydrogen) atoms. The number of thiophene rings is 1. The van der Waals surface area contributed by atoms with Crippen LogP contribution < -0.4 is 10.2 Å². The van der Waals surface area contributed by atoms with E-state index < -0.39 is 0 Å². The van der Waals surface area contributed by atoms with Gasteiger partial charge >= 0.3 is 0 Å². The van der Waals surface area contributed by atoms with Crippen molar-refractivity contribution >= 4 is 28.8 Å². The van der Waals surface area contributed by atoms with Gasteiger partial charge < -0.3 is 15.1 Å². The Bertz CT molecular complexity index is 768. The van der Waals surface area contributed by atoms with E-state index >= 15 is 0 Å². The summed E-state index contributed by atoms with van der Waals surface area (Å²) in [5, 5.41) is 5.12. The molecule has 2 amide bonds. The molecule has 2 aromatic rings. The second-order valence-corrected chi connectivity index (χ2v) is 8.33. The number of nitrogens with zero attached hydrogens (tertiary/aromatic N) is 1. The molecular weight excluding hydrogens is 370 g/mol. The molecule has 1 saturated heterocycles. The van der Waals surface area contributed by atoms with Crippen molar-refractivity contribution in [2.75, 3.05) is 38.0 Å². The average Bonchev–Trinajstić information content (AvgIpc) is 3.22. The van der Waals surface area contributed by atoms with Gasteiger partial charge in [-0.15, -0.1) is 11.3 Å². The van der Waals surface area contributed by atoms with E-state index in [2.05, 4.69) is 29.8 Å². The Hall–Kier alpha value is -2.18. The standard InChI is InChI=1S/C22H29N3O2S/c1-2-18-7-3-4-10-20(18)23-21(26)17-24-12-14-25(15-13-24)22(27)11-5-8-19-9-6-16-28-19/h3-4,6-7,9-10,16H,2,5,8,11-15,17H2,1H3,(H,23,26)/p+1. The van der Waals surface area contributed by atoms with Gasteiger partial charge in [-0.2, -0.15) is 0 Å². The van der Waals surface area contributed by atoms with Crippen LogP contribution in [0, 0.1) is 0 Å². The van der Waals surface area contributed by atoms with E-state index in [0.29, 0.717) is 13.0 Å². The van der Waals surface area contributed by atoms with Crippen molar-refractivity contribution in [3.05, 3.63) is 52.2 Å². The highest BCUT2D eigenvalue weighted by Crippen LogP contribution is 2.15. The maximum atomic E-state index is 12.4. The maximum Gasteiger partial charge on any atom is 0.279 e. The first-order valence-corrected chi connectivity index (χ1v) is 11.0. The monoisotopic (exact) mass is 400 g/mol. The molecule has 2 heterocycles. The Morgan fingerprint density at radius 2 is 1.93 bits per heavy atom. The number of hydrogen-bond acceptors (Lipinski definition) is 3. The summed E-state index contributed by atoms with van der Waals surface area (Å²) in [4.78, 5) is 29.4. The molecular formula is C22H30N3O2S+. The first-order valence-electron chi connectivity index (χ1n) is 10.2. The van der Waals surface area contributed by atoms with Crippen molar-refractivity contribution in [1.82, 2.24) is 4.90 Å². The van der Waals surface area contributed by atoms with Crippen LogP contribution in [0.25, 0.3) is 0 Å². The highest BCUT2D eigenvalue weighted by atomic mass is 32.1. The van der Waals surface area contributed by atoms with Crippen molar-refractivity contribution < 1.29 is 14.5 Å². The van der Waals surface area contributed by atoms with Gasteiger partial charge in [0.1, 0.15) is 0 Å². The van der Waals surface area contributed by atoms with Crippen LogP contribution in [0.1, 0.15) is 30.2 Å². The molecule has 0 unspecified atom stereocenters. The summed E-state index contributed by atoms with van der Waals surface area (Å²) in [5.41, 5.74) is 2.07. The van der Waals surface area contributed by atoms with E-state index in [-0.39, 0.29) is 11.8 Å². The quantitative estimate of drug-likeness (QED) is 0.712. The van der Waals surface area contributed by atoms with Crippen LogP contribution in [0.2, 0.25) is 0 Å². The number of aryl methyl sites for hydroxylation is 2. The second kappa shape index (κ2) is 10.4. The lowest BCUT2D eigenvalue weighted by Crippen LogP contribution is -3.15. The van der Waals surface area contributed by atoms with Gasteiger partial charge in [0.15, 0.2) is 6.54 Å². The Morgan fingerprint density at radius 3 is 2.64 bits per heavy atom. The lowest BCUT2D eigenvalue weighted by Gasteiger charge is -2.32. The first kappa shape index (κ1) is 20.6.